The molecule has 1 amide bonds. The summed E-state index contributed by atoms with van der Waals surface area (Å²) in [7, 11) is 0. The van der Waals surface area contributed by atoms with E-state index in [1.54, 1.807) is 11.3 Å². The summed E-state index contributed by atoms with van der Waals surface area (Å²) in [6.45, 7) is 6.75. The molecule has 2 aliphatic heterocycles. The molecule has 4 heteroatoms. The van der Waals surface area contributed by atoms with Gasteiger partial charge in [-0.05, 0) is 24.3 Å². The van der Waals surface area contributed by atoms with E-state index in [-0.39, 0.29) is 5.91 Å². The van der Waals surface area contributed by atoms with Gasteiger partial charge in [-0.15, -0.1) is 17.9 Å². The Morgan fingerprint density at radius 3 is 3.00 bits per heavy atom. The predicted molar refractivity (Wildman–Crippen MR) is 73.9 cm³/mol. The van der Waals surface area contributed by atoms with Gasteiger partial charge in [-0.25, -0.2) is 0 Å². The highest BCUT2D eigenvalue weighted by atomic mass is 32.1. The molecule has 3 nitrogen and oxygen atoms in total. The second kappa shape index (κ2) is 4.86. The molecular formula is C14H18N2OS. The number of nitrogens with zero attached hydrogens (tertiary/aromatic N) is 2. The minimum atomic E-state index is 0.220. The van der Waals surface area contributed by atoms with Crippen molar-refractivity contribution in [3.63, 3.8) is 0 Å². The Kier molecular flexibility index (Phi) is 3.22. The summed E-state index contributed by atoms with van der Waals surface area (Å²) >= 11 is 1.54. The van der Waals surface area contributed by atoms with E-state index in [1.165, 1.54) is 0 Å². The maximum absolute atomic E-state index is 12.4. The Morgan fingerprint density at radius 2 is 2.28 bits per heavy atom. The highest BCUT2D eigenvalue weighted by Gasteiger charge is 2.43. The number of amides is 1. The molecule has 2 atom stereocenters. The molecular weight excluding hydrogens is 244 g/mol. The smallest absolute Gasteiger partial charge is 0.264 e. The van der Waals surface area contributed by atoms with E-state index in [2.05, 4.69) is 16.4 Å². The lowest BCUT2D eigenvalue weighted by molar-refractivity contribution is 0.0738. The fraction of sp³-hybridized carbons (Fsp3) is 0.500. The number of carbonyl (C=O) groups is 1. The number of carbonyl (C=O) groups excluding carboxylic acids is 1. The monoisotopic (exact) mass is 262 g/mol. The van der Waals surface area contributed by atoms with Crippen molar-refractivity contribution in [2.75, 3.05) is 19.6 Å². The van der Waals surface area contributed by atoms with Gasteiger partial charge in [0.1, 0.15) is 0 Å². The van der Waals surface area contributed by atoms with E-state index < -0.39 is 0 Å². The molecule has 0 radical (unpaired) electrons. The van der Waals surface area contributed by atoms with Gasteiger partial charge in [-0.1, -0.05) is 12.1 Å². The first-order chi connectivity index (χ1) is 8.81. The number of likely N-dealkylation sites (tertiary alicyclic amines) is 2. The maximum Gasteiger partial charge on any atom is 0.264 e. The van der Waals surface area contributed by atoms with E-state index in [0.29, 0.717) is 12.1 Å². The van der Waals surface area contributed by atoms with Gasteiger partial charge in [0.25, 0.3) is 5.91 Å². The molecule has 96 valence electrons. The van der Waals surface area contributed by atoms with Gasteiger partial charge in [-0.2, -0.15) is 0 Å². The number of hydrogen-bond donors (Lipinski definition) is 0. The Hall–Kier alpha value is -1.13. The van der Waals surface area contributed by atoms with Crippen LogP contribution in [0.3, 0.4) is 0 Å². The molecule has 0 spiro atoms. The van der Waals surface area contributed by atoms with Crippen molar-refractivity contribution in [1.82, 2.24) is 9.80 Å². The van der Waals surface area contributed by atoms with Crippen LogP contribution in [-0.4, -0.2) is 47.4 Å². The average Bonchev–Trinajstić information content (AvgIpc) is 3.06. The third-order valence-electron chi connectivity index (χ3n) is 4.05. The van der Waals surface area contributed by atoms with E-state index in [0.717, 1.165) is 37.4 Å². The zero-order valence-corrected chi connectivity index (χ0v) is 11.2. The molecule has 0 saturated carbocycles. The minimum Gasteiger partial charge on any atom is -0.333 e. The van der Waals surface area contributed by atoms with Crippen LogP contribution in [0, 0.1) is 0 Å². The normalized spacial score (nSPS) is 27.4. The van der Waals surface area contributed by atoms with Crippen molar-refractivity contribution < 1.29 is 4.79 Å². The van der Waals surface area contributed by atoms with E-state index >= 15 is 0 Å². The Morgan fingerprint density at radius 1 is 1.44 bits per heavy atom. The van der Waals surface area contributed by atoms with Crippen molar-refractivity contribution in [1.29, 1.82) is 0 Å². The predicted octanol–water partition coefficient (Wildman–Crippen LogP) is 2.22. The van der Waals surface area contributed by atoms with Gasteiger partial charge in [0.2, 0.25) is 0 Å². The van der Waals surface area contributed by atoms with Crippen LogP contribution >= 0.6 is 11.3 Å². The van der Waals surface area contributed by atoms with Crippen molar-refractivity contribution >= 4 is 17.2 Å². The van der Waals surface area contributed by atoms with E-state index in [1.807, 2.05) is 23.6 Å². The molecule has 0 unspecified atom stereocenters. The summed E-state index contributed by atoms with van der Waals surface area (Å²) in [5, 5.41) is 1.97. The van der Waals surface area contributed by atoms with Crippen molar-refractivity contribution in [3.8, 4) is 0 Å². The van der Waals surface area contributed by atoms with Crippen LogP contribution in [0.1, 0.15) is 22.5 Å². The largest absolute Gasteiger partial charge is 0.333 e. The van der Waals surface area contributed by atoms with Gasteiger partial charge in [0.15, 0.2) is 0 Å². The van der Waals surface area contributed by atoms with Gasteiger partial charge in [0.05, 0.1) is 4.88 Å². The number of fused-ring (bicyclic) bond motifs is 1. The van der Waals surface area contributed by atoms with E-state index in [9.17, 15) is 4.79 Å². The summed E-state index contributed by atoms with van der Waals surface area (Å²) in [5.74, 6) is 0.220. The van der Waals surface area contributed by atoms with Crippen LogP contribution < -0.4 is 0 Å². The third-order valence-corrected chi connectivity index (χ3v) is 4.91. The summed E-state index contributed by atoms with van der Waals surface area (Å²) in [6.07, 6.45) is 4.18. The maximum atomic E-state index is 12.4. The molecule has 3 heterocycles. The quantitative estimate of drug-likeness (QED) is 0.780. The first-order valence-corrected chi connectivity index (χ1v) is 7.38. The molecule has 1 aromatic heterocycles. The zero-order chi connectivity index (χ0) is 12.5. The first-order valence-electron chi connectivity index (χ1n) is 6.50. The average molecular weight is 262 g/mol. The molecule has 0 N–H and O–H groups in total. The number of thiophene rings is 1. The highest BCUT2D eigenvalue weighted by Crippen LogP contribution is 2.32. The lowest BCUT2D eigenvalue weighted by Gasteiger charge is -2.24. The minimum absolute atomic E-state index is 0.220. The molecule has 2 fully saturated rings. The van der Waals surface area contributed by atoms with Crippen molar-refractivity contribution in [2.45, 2.75) is 24.9 Å². The van der Waals surface area contributed by atoms with Gasteiger partial charge in [-0.3, -0.25) is 9.69 Å². The summed E-state index contributed by atoms with van der Waals surface area (Å²) in [5.41, 5.74) is 0. The second-order valence-corrected chi connectivity index (χ2v) is 5.92. The van der Waals surface area contributed by atoms with Gasteiger partial charge in [0, 0.05) is 31.7 Å². The molecule has 3 rings (SSSR count). The lowest BCUT2D eigenvalue weighted by atomic mass is 10.1. The fourth-order valence-electron chi connectivity index (χ4n) is 3.26. The molecule has 18 heavy (non-hydrogen) atoms. The third kappa shape index (κ3) is 1.89. The number of rotatable bonds is 3. The summed E-state index contributed by atoms with van der Waals surface area (Å²) in [4.78, 5) is 17.8. The summed E-state index contributed by atoms with van der Waals surface area (Å²) < 4.78 is 0. The molecule has 1 aromatic rings. The molecule has 0 aliphatic carbocycles. The second-order valence-electron chi connectivity index (χ2n) is 4.97. The van der Waals surface area contributed by atoms with Crippen LogP contribution in [0.2, 0.25) is 0 Å². The van der Waals surface area contributed by atoms with Crippen molar-refractivity contribution in [2.24, 2.45) is 0 Å². The van der Waals surface area contributed by atoms with E-state index in [4.69, 9.17) is 0 Å². The van der Waals surface area contributed by atoms with Crippen LogP contribution in [0.5, 0.6) is 0 Å². The van der Waals surface area contributed by atoms with Crippen LogP contribution in [0.15, 0.2) is 30.2 Å². The SMILES string of the molecule is C=CCN1CC[C@@H]2[C@@H]1CCN2C(=O)c1cccs1. The molecule has 0 aromatic carbocycles. The summed E-state index contributed by atoms with van der Waals surface area (Å²) in [6, 6.07) is 4.84. The topological polar surface area (TPSA) is 23.6 Å². The van der Waals surface area contributed by atoms with Gasteiger partial charge < -0.3 is 4.90 Å². The fourth-order valence-corrected chi connectivity index (χ4v) is 3.94. The Labute approximate surface area is 112 Å². The highest BCUT2D eigenvalue weighted by molar-refractivity contribution is 7.12. The molecule has 2 saturated heterocycles. The standard InChI is InChI=1S/C14H18N2OS/c1-2-7-15-8-5-12-11(15)6-9-16(12)14(17)13-4-3-10-18-13/h2-4,10-12H,1,5-9H2/t11-,12+/m0/s1. The Bertz CT molecular complexity index is 443. The Balaban J connectivity index is 1.74. The van der Waals surface area contributed by atoms with Crippen molar-refractivity contribution in [3.05, 3.63) is 35.0 Å². The molecule has 2 aliphatic rings. The zero-order valence-electron chi connectivity index (χ0n) is 10.4. The van der Waals surface area contributed by atoms with Crippen LogP contribution in [0.4, 0.5) is 0 Å². The lowest BCUT2D eigenvalue weighted by Crippen LogP contribution is -2.39. The molecule has 0 bridgehead atoms. The first kappa shape index (κ1) is 11.9. The van der Waals surface area contributed by atoms with Crippen LogP contribution in [0.25, 0.3) is 0 Å². The van der Waals surface area contributed by atoms with Crippen LogP contribution in [-0.2, 0) is 0 Å². The van der Waals surface area contributed by atoms with Gasteiger partial charge >= 0.3 is 0 Å². The number of hydrogen-bond acceptors (Lipinski definition) is 3.